The number of likely N-dealkylation sites (tertiary alicyclic amines) is 1. The quantitative estimate of drug-likeness (QED) is 0.672. The van der Waals surface area contributed by atoms with Crippen LogP contribution in [0.4, 0.5) is 5.82 Å². The van der Waals surface area contributed by atoms with Gasteiger partial charge in [0.15, 0.2) is 0 Å². The molecule has 0 amide bonds. The molecule has 1 aromatic heterocycles. The van der Waals surface area contributed by atoms with Crippen LogP contribution in [0, 0.1) is 12.8 Å². The van der Waals surface area contributed by atoms with E-state index < -0.39 is 0 Å². The highest BCUT2D eigenvalue weighted by molar-refractivity contribution is 5.81. The molecule has 2 aromatic rings. The van der Waals surface area contributed by atoms with Crippen LogP contribution in [0.5, 0.6) is 5.75 Å². The molecular weight excluding hydrogens is 314 g/mol. The Morgan fingerprint density at radius 1 is 1.32 bits per heavy atom. The monoisotopic (exact) mass is 337 g/mol. The maximum Gasteiger partial charge on any atom is 0.315 e. The van der Waals surface area contributed by atoms with E-state index in [4.69, 9.17) is 4.74 Å². The van der Waals surface area contributed by atoms with Crippen LogP contribution in [0.3, 0.4) is 0 Å². The van der Waals surface area contributed by atoms with E-state index >= 15 is 0 Å². The van der Waals surface area contributed by atoms with Crippen LogP contribution in [-0.4, -0.2) is 35.5 Å². The maximum absolute atomic E-state index is 11.4. The predicted octanol–water partition coefficient (Wildman–Crippen LogP) is 2.79. The lowest BCUT2D eigenvalue weighted by Gasteiger charge is -2.17. The fourth-order valence-corrected chi connectivity index (χ4v) is 3.56. The zero-order chi connectivity index (χ0) is 17.2. The third-order valence-corrected chi connectivity index (χ3v) is 4.95. The molecule has 5 nitrogen and oxygen atoms in total. The van der Waals surface area contributed by atoms with E-state index in [9.17, 15) is 4.79 Å². The molecule has 5 heteroatoms. The van der Waals surface area contributed by atoms with Crippen molar-refractivity contribution < 1.29 is 9.53 Å². The first kappa shape index (κ1) is 16.1. The van der Waals surface area contributed by atoms with Crippen molar-refractivity contribution in [2.75, 3.05) is 25.0 Å². The summed E-state index contributed by atoms with van der Waals surface area (Å²) in [6.07, 6.45) is 3.49. The third kappa shape index (κ3) is 3.82. The zero-order valence-corrected chi connectivity index (χ0v) is 14.5. The van der Waals surface area contributed by atoms with Crippen LogP contribution in [0.1, 0.15) is 23.1 Å². The molecule has 0 aliphatic carbocycles. The van der Waals surface area contributed by atoms with Gasteiger partial charge in [0.2, 0.25) is 0 Å². The van der Waals surface area contributed by atoms with Crippen molar-refractivity contribution in [2.24, 2.45) is 5.92 Å². The van der Waals surface area contributed by atoms with Crippen molar-refractivity contribution in [1.29, 1.82) is 0 Å². The molecule has 0 bridgehead atoms. The highest BCUT2D eigenvalue weighted by Crippen LogP contribution is 2.28. The molecule has 130 valence electrons. The predicted molar refractivity (Wildman–Crippen MR) is 96.6 cm³/mol. The van der Waals surface area contributed by atoms with Gasteiger partial charge in [0.25, 0.3) is 0 Å². The molecule has 1 aromatic carbocycles. The number of nitrogens with zero attached hydrogens (tertiary/aromatic N) is 2. The number of carbonyl (C=O) groups is 1. The Labute approximate surface area is 148 Å². The highest BCUT2D eigenvalue weighted by Gasteiger charge is 2.24. The number of hydrogen-bond donors (Lipinski definition) is 1. The number of esters is 1. The number of benzene rings is 1. The standard InChI is InChI=1S/C20H23N3O2/c1-14-2-5-19(21-10-14)22-11-16-6-7-23(13-16)12-15-3-4-17-9-20(24)25-18(17)8-15/h2-5,8,10,16H,6-7,9,11-13H2,1H3,(H,21,22)/t16-/m1/s1. The Hall–Kier alpha value is -2.40. The smallest absolute Gasteiger partial charge is 0.315 e. The molecule has 0 unspecified atom stereocenters. The van der Waals surface area contributed by atoms with Gasteiger partial charge >= 0.3 is 5.97 Å². The number of aromatic nitrogens is 1. The molecule has 2 aliphatic heterocycles. The number of hydrogen-bond acceptors (Lipinski definition) is 5. The van der Waals surface area contributed by atoms with Crippen LogP contribution in [0.2, 0.25) is 0 Å². The van der Waals surface area contributed by atoms with Crippen molar-refractivity contribution in [2.45, 2.75) is 26.3 Å². The number of anilines is 1. The summed E-state index contributed by atoms with van der Waals surface area (Å²) in [5, 5.41) is 3.44. The van der Waals surface area contributed by atoms with Crippen molar-refractivity contribution >= 4 is 11.8 Å². The molecular formula is C20H23N3O2. The number of pyridine rings is 1. The van der Waals surface area contributed by atoms with Gasteiger partial charge in [0.1, 0.15) is 11.6 Å². The number of fused-ring (bicyclic) bond motifs is 1. The van der Waals surface area contributed by atoms with Gasteiger partial charge in [-0.25, -0.2) is 4.98 Å². The van der Waals surface area contributed by atoms with Gasteiger partial charge in [-0.3, -0.25) is 9.69 Å². The second kappa shape index (κ2) is 6.84. The van der Waals surface area contributed by atoms with E-state index in [2.05, 4.69) is 27.3 Å². The van der Waals surface area contributed by atoms with Crippen LogP contribution >= 0.6 is 0 Å². The van der Waals surface area contributed by atoms with E-state index in [1.54, 1.807) is 0 Å². The number of ether oxygens (including phenoxy) is 1. The minimum absolute atomic E-state index is 0.149. The van der Waals surface area contributed by atoms with Crippen molar-refractivity contribution in [1.82, 2.24) is 9.88 Å². The van der Waals surface area contributed by atoms with Crippen LogP contribution in [0.25, 0.3) is 0 Å². The highest BCUT2D eigenvalue weighted by atomic mass is 16.5. The molecule has 25 heavy (non-hydrogen) atoms. The van der Waals surface area contributed by atoms with Crippen LogP contribution < -0.4 is 10.1 Å². The van der Waals surface area contributed by atoms with E-state index in [0.29, 0.717) is 12.3 Å². The summed E-state index contributed by atoms with van der Waals surface area (Å²) in [6.45, 7) is 6.09. The van der Waals surface area contributed by atoms with Gasteiger partial charge in [-0.15, -0.1) is 0 Å². The first-order valence-corrected chi connectivity index (χ1v) is 8.87. The summed E-state index contributed by atoms with van der Waals surface area (Å²) >= 11 is 0. The second-order valence-corrected chi connectivity index (χ2v) is 7.08. The Morgan fingerprint density at radius 2 is 2.24 bits per heavy atom. The molecule has 2 aliphatic rings. The van der Waals surface area contributed by atoms with Crippen molar-refractivity contribution in [3.8, 4) is 5.75 Å². The van der Waals surface area contributed by atoms with Gasteiger partial charge in [0, 0.05) is 31.4 Å². The minimum Gasteiger partial charge on any atom is -0.426 e. The topological polar surface area (TPSA) is 54.5 Å². The fraction of sp³-hybridized carbons (Fsp3) is 0.400. The maximum atomic E-state index is 11.4. The second-order valence-electron chi connectivity index (χ2n) is 7.08. The Morgan fingerprint density at radius 3 is 3.08 bits per heavy atom. The third-order valence-electron chi connectivity index (χ3n) is 4.95. The molecule has 1 atom stereocenters. The van der Waals surface area contributed by atoms with Gasteiger partial charge in [-0.1, -0.05) is 18.2 Å². The number of rotatable bonds is 5. The Balaban J connectivity index is 1.29. The van der Waals surface area contributed by atoms with Crippen LogP contribution in [-0.2, 0) is 17.8 Å². The van der Waals surface area contributed by atoms with Gasteiger partial charge in [-0.2, -0.15) is 0 Å². The van der Waals surface area contributed by atoms with Gasteiger partial charge in [-0.05, 0) is 49.1 Å². The van der Waals surface area contributed by atoms with Gasteiger partial charge < -0.3 is 10.1 Å². The molecule has 1 saturated heterocycles. The van der Waals surface area contributed by atoms with E-state index in [1.807, 2.05) is 31.3 Å². The van der Waals surface area contributed by atoms with Gasteiger partial charge in [0.05, 0.1) is 6.42 Å². The summed E-state index contributed by atoms with van der Waals surface area (Å²) in [5.41, 5.74) is 3.39. The Kier molecular flexibility index (Phi) is 4.40. The lowest BCUT2D eigenvalue weighted by molar-refractivity contribution is -0.131. The molecule has 0 saturated carbocycles. The zero-order valence-electron chi connectivity index (χ0n) is 14.5. The van der Waals surface area contributed by atoms with E-state index in [0.717, 1.165) is 43.3 Å². The molecule has 4 rings (SSSR count). The molecule has 0 radical (unpaired) electrons. The fourth-order valence-electron chi connectivity index (χ4n) is 3.56. The molecule has 0 spiro atoms. The largest absolute Gasteiger partial charge is 0.426 e. The van der Waals surface area contributed by atoms with Crippen molar-refractivity contribution in [3.63, 3.8) is 0 Å². The lowest BCUT2D eigenvalue weighted by Crippen LogP contribution is -2.22. The minimum atomic E-state index is -0.149. The lowest BCUT2D eigenvalue weighted by atomic mass is 10.1. The SMILES string of the molecule is Cc1ccc(NC[C@H]2CCN(Cc3ccc4c(c3)OC(=O)C4)C2)nc1. The van der Waals surface area contributed by atoms with E-state index in [1.165, 1.54) is 17.5 Å². The molecule has 1 N–H and O–H groups in total. The first-order chi connectivity index (χ1) is 12.2. The average Bonchev–Trinajstić information content (AvgIpc) is 3.19. The average molecular weight is 337 g/mol. The summed E-state index contributed by atoms with van der Waals surface area (Å²) < 4.78 is 5.25. The van der Waals surface area contributed by atoms with E-state index in [-0.39, 0.29) is 5.97 Å². The number of carbonyl (C=O) groups excluding carboxylic acids is 1. The summed E-state index contributed by atoms with van der Waals surface area (Å²) in [7, 11) is 0. The molecule has 3 heterocycles. The number of aryl methyl sites for hydroxylation is 1. The number of nitrogens with one attached hydrogen (secondary N) is 1. The summed E-state index contributed by atoms with van der Waals surface area (Å²) in [4.78, 5) is 18.2. The molecule has 1 fully saturated rings. The first-order valence-electron chi connectivity index (χ1n) is 8.87. The summed E-state index contributed by atoms with van der Waals surface area (Å²) in [5.74, 6) is 2.18. The van der Waals surface area contributed by atoms with Crippen molar-refractivity contribution in [3.05, 3.63) is 53.2 Å². The normalized spacial score (nSPS) is 19.7. The summed E-state index contributed by atoms with van der Waals surface area (Å²) in [6, 6.07) is 10.3. The Bertz CT molecular complexity index is 773. The van der Waals surface area contributed by atoms with Crippen LogP contribution in [0.15, 0.2) is 36.5 Å².